The molecule has 176 valence electrons. The van der Waals surface area contributed by atoms with Gasteiger partial charge in [0, 0.05) is 28.8 Å². The van der Waals surface area contributed by atoms with Crippen molar-refractivity contribution in [3.63, 3.8) is 0 Å². The highest BCUT2D eigenvalue weighted by Crippen LogP contribution is 2.37. The number of carboxylic acid groups (broad SMARTS) is 1. The maximum absolute atomic E-state index is 14.8. The minimum absolute atomic E-state index is 0.216. The highest BCUT2D eigenvalue weighted by molar-refractivity contribution is 5.71. The van der Waals surface area contributed by atoms with Crippen molar-refractivity contribution in [3.8, 4) is 34.0 Å². The van der Waals surface area contributed by atoms with Crippen molar-refractivity contribution in [2.24, 2.45) is 5.92 Å². The molecule has 0 spiro atoms. The molecule has 6 nitrogen and oxygen atoms in total. The van der Waals surface area contributed by atoms with Crippen molar-refractivity contribution in [3.05, 3.63) is 83.7 Å². The van der Waals surface area contributed by atoms with E-state index in [1.54, 1.807) is 12.1 Å². The first-order valence-electron chi connectivity index (χ1n) is 11.9. The predicted octanol–water partition coefficient (Wildman–Crippen LogP) is 5.65. The number of nitrogens with one attached hydrogen (secondary N) is 1. The van der Waals surface area contributed by atoms with E-state index in [1.807, 2.05) is 36.4 Å². The molecule has 1 atom stereocenters. The van der Waals surface area contributed by atoms with Crippen LogP contribution in [0, 0.1) is 11.7 Å². The van der Waals surface area contributed by atoms with E-state index in [0.717, 1.165) is 24.0 Å². The van der Waals surface area contributed by atoms with Crippen molar-refractivity contribution >= 4 is 5.97 Å². The third-order valence-electron chi connectivity index (χ3n) is 7.13. The normalized spacial score (nSPS) is 20.9. The number of halogens is 1. The van der Waals surface area contributed by atoms with E-state index in [2.05, 4.69) is 27.6 Å². The van der Waals surface area contributed by atoms with Gasteiger partial charge in [-0.05, 0) is 60.6 Å². The van der Waals surface area contributed by atoms with E-state index < -0.39 is 5.97 Å². The fourth-order valence-corrected chi connectivity index (χ4v) is 5.13. The Morgan fingerprint density at radius 1 is 1.00 bits per heavy atom. The summed E-state index contributed by atoms with van der Waals surface area (Å²) in [6, 6.07) is 21.0. The molecule has 1 heterocycles. The van der Waals surface area contributed by atoms with Crippen LogP contribution in [0.1, 0.15) is 36.4 Å². The molecule has 0 aliphatic heterocycles. The summed E-state index contributed by atoms with van der Waals surface area (Å²) in [5, 5.41) is 16.8. The van der Waals surface area contributed by atoms with Crippen LogP contribution in [0.15, 0.2) is 71.3 Å². The highest BCUT2D eigenvalue weighted by atomic mass is 19.1. The minimum atomic E-state index is -0.700. The van der Waals surface area contributed by atoms with E-state index in [4.69, 9.17) is 9.63 Å². The maximum Gasteiger partial charge on any atom is 0.306 e. The second-order valence-electron chi connectivity index (χ2n) is 9.36. The number of hydrogen-bond acceptors (Lipinski definition) is 5. The fourth-order valence-electron chi connectivity index (χ4n) is 5.13. The number of carbonyl (C=O) groups is 1. The van der Waals surface area contributed by atoms with Crippen LogP contribution in [0.5, 0.6) is 0 Å². The number of rotatable bonds is 6. The Morgan fingerprint density at radius 3 is 2.57 bits per heavy atom. The Balaban J connectivity index is 1.18. The second-order valence-corrected chi connectivity index (χ2v) is 9.36. The average Bonchev–Trinajstić information content (AvgIpc) is 3.48. The molecule has 1 saturated carbocycles. The molecular weight excluding hydrogens is 445 g/mol. The van der Waals surface area contributed by atoms with Crippen LogP contribution in [0.4, 0.5) is 4.39 Å². The SMILES string of the molecule is O=C(O)[C@H]1C[C@H](NC2CCc3cc(-c4noc(-c5ccc(-c6ccccc6)c(F)c5)n4)ccc32)C1. The molecule has 1 unspecified atom stereocenters. The molecule has 4 aromatic rings. The molecule has 0 bridgehead atoms. The van der Waals surface area contributed by atoms with Gasteiger partial charge in [0.05, 0.1) is 5.92 Å². The number of benzene rings is 3. The molecule has 1 fully saturated rings. The summed E-state index contributed by atoms with van der Waals surface area (Å²) in [6.45, 7) is 0. The number of fused-ring (bicyclic) bond motifs is 1. The van der Waals surface area contributed by atoms with Crippen LogP contribution in [0.2, 0.25) is 0 Å². The summed E-state index contributed by atoms with van der Waals surface area (Å²) in [5.41, 5.74) is 5.21. The molecule has 2 aliphatic rings. The van der Waals surface area contributed by atoms with Gasteiger partial charge in [-0.2, -0.15) is 4.98 Å². The number of hydrogen-bond donors (Lipinski definition) is 2. The van der Waals surface area contributed by atoms with Crippen molar-refractivity contribution in [1.29, 1.82) is 0 Å². The standard InChI is InChI=1S/C28H24FN3O3/c29-24-15-19(7-9-22(24)16-4-2-1-3-5-16)27-31-26(32-35-27)18-6-10-23-17(12-18)8-11-25(23)30-21-13-20(14-21)28(33)34/h1-7,9-10,12,15,20-21,25,30H,8,11,13-14H2,(H,33,34)/t20-,21-,25?. The Bertz CT molecular complexity index is 1400. The zero-order chi connectivity index (χ0) is 23.9. The summed E-state index contributed by atoms with van der Waals surface area (Å²) >= 11 is 0. The Kier molecular flexibility index (Phi) is 5.41. The molecule has 2 N–H and O–H groups in total. The van der Waals surface area contributed by atoms with Gasteiger partial charge in [-0.25, -0.2) is 4.39 Å². The average molecular weight is 470 g/mol. The van der Waals surface area contributed by atoms with Gasteiger partial charge in [0.1, 0.15) is 5.82 Å². The highest BCUT2D eigenvalue weighted by Gasteiger charge is 2.36. The lowest BCUT2D eigenvalue weighted by atomic mass is 9.80. The van der Waals surface area contributed by atoms with Gasteiger partial charge in [0.2, 0.25) is 5.82 Å². The minimum Gasteiger partial charge on any atom is -0.481 e. The summed E-state index contributed by atoms with van der Waals surface area (Å²) < 4.78 is 20.3. The zero-order valence-corrected chi connectivity index (χ0v) is 18.9. The van der Waals surface area contributed by atoms with Crippen LogP contribution in [0.25, 0.3) is 34.0 Å². The van der Waals surface area contributed by atoms with E-state index in [9.17, 15) is 9.18 Å². The summed E-state index contributed by atoms with van der Waals surface area (Å²) in [7, 11) is 0. The van der Waals surface area contributed by atoms with Crippen molar-refractivity contribution in [2.45, 2.75) is 37.8 Å². The molecule has 35 heavy (non-hydrogen) atoms. The number of aryl methyl sites for hydroxylation is 1. The zero-order valence-electron chi connectivity index (χ0n) is 18.9. The second kappa shape index (κ2) is 8.74. The van der Waals surface area contributed by atoms with Crippen molar-refractivity contribution in [2.75, 3.05) is 0 Å². The number of aromatic nitrogens is 2. The van der Waals surface area contributed by atoms with Crippen LogP contribution >= 0.6 is 0 Å². The molecular formula is C28H24FN3O3. The number of carboxylic acids is 1. The van der Waals surface area contributed by atoms with Gasteiger partial charge in [0.25, 0.3) is 5.89 Å². The smallest absolute Gasteiger partial charge is 0.306 e. The summed E-state index contributed by atoms with van der Waals surface area (Å²) in [5.74, 6) is -0.516. The molecule has 7 heteroatoms. The van der Waals surface area contributed by atoms with Gasteiger partial charge in [0.15, 0.2) is 0 Å². The predicted molar refractivity (Wildman–Crippen MR) is 129 cm³/mol. The molecule has 2 aliphatic carbocycles. The molecule has 3 aromatic carbocycles. The third kappa shape index (κ3) is 4.12. The van der Waals surface area contributed by atoms with E-state index in [-0.39, 0.29) is 29.7 Å². The lowest BCUT2D eigenvalue weighted by molar-refractivity contribution is -0.145. The summed E-state index contributed by atoms with van der Waals surface area (Å²) in [4.78, 5) is 15.6. The van der Waals surface area contributed by atoms with Crippen LogP contribution in [-0.2, 0) is 11.2 Å². The van der Waals surface area contributed by atoms with Crippen molar-refractivity contribution in [1.82, 2.24) is 15.5 Å². The first-order chi connectivity index (χ1) is 17.0. The quantitative estimate of drug-likeness (QED) is 0.379. The largest absolute Gasteiger partial charge is 0.481 e. The van der Waals surface area contributed by atoms with Crippen molar-refractivity contribution < 1.29 is 18.8 Å². The van der Waals surface area contributed by atoms with Gasteiger partial charge >= 0.3 is 5.97 Å². The monoisotopic (exact) mass is 469 g/mol. The van der Waals surface area contributed by atoms with Gasteiger partial charge in [-0.15, -0.1) is 0 Å². The third-order valence-corrected chi connectivity index (χ3v) is 7.13. The molecule has 1 aromatic heterocycles. The van der Waals surface area contributed by atoms with Gasteiger partial charge < -0.3 is 14.9 Å². The first-order valence-corrected chi connectivity index (χ1v) is 11.9. The topological polar surface area (TPSA) is 88.2 Å². The lowest BCUT2D eigenvalue weighted by Gasteiger charge is -2.35. The Hall–Kier alpha value is -3.84. The molecule has 0 amide bonds. The fraction of sp³-hybridized carbons (Fsp3) is 0.250. The van der Waals surface area contributed by atoms with Gasteiger partial charge in [-0.1, -0.05) is 53.7 Å². The van der Waals surface area contributed by atoms with E-state index in [1.165, 1.54) is 17.2 Å². The lowest BCUT2D eigenvalue weighted by Crippen LogP contribution is -2.45. The maximum atomic E-state index is 14.8. The van der Waals surface area contributed by atoms with Crippen LogP contribution in [-0.4, -0.2) is 27.3 Å². The number of aliphatic carboxylic acids is 1. The molecule has 0 saturated heterocycles. The van der Waals surface area contributed by atoms with Gasteiger partial charge in [-0.3, -0.25) is 4.79 Å². The Morgan fingerprint density at radius 2 is 1.80 bits per heavy atom. The number of nitrogens with zero attached hydrogens (tertiary/aromatic N) is 2. The molecule has 0 radical (unpaired) electrons. The molecule has 6 rings (SSSR count). The van der Waals surface area contributed by atoms with E-state index >= 15 is 0 Å². The first kappa shape index (κ1) is 21.7. The van der Waals surface area contributed by atoms with Crippen LogP contribution in [0.3, 0.4) is 0 Å². The van der Waals surface area contributed by atoms with E-state index in [0.29, 0.717) is 29.8 Å². The Labute approximate surface area is 201 Å². The summed E-state index contributed by atoms with van der Waals surface area (Å²) in [6.07, 6.45) is 3.31. The van der Waals surface area contributed by atoms with Crippen LogP contribution < -0.4 is 5.32 Å².